The summed E-state index contributed by atoms with van der Waals surface area (Å²) >= 11 is 1.49. The molecule has 0 aliphatic heterocycles. The van der Waals surface area contributed by atoms with Crippen molar-refractivity contribution in [1.82, 2.24) is 19.8 Å². The lowest BCUT2D eigenvalue weighted by molar-refractivity contribution is -0.110. The Bertz CT molecular complexity index is 1130. The molecule has 2 aliphatic carbocycles. The van der Waals surface area contributed by atoms with Gasteiger partial charge in [0, 0.05) is 36.2 Å². The zero-order chi connectivity index (χ0) is 27.3. The molecule has 0 saturated heterocycles. The van der Waals surface area contributed by atoms with Gasteiger partial charge in [0.25, 0.3) is 11.8 Å². The van der Waals surface area contributed by atoms with E-state index >= 15 is 0 Å². The average molecular weight is 549 g/mol. The van der Waals surface area contributed by atoms with Crippen molar-refractivity contribution in [2.75, 3.05) is 6.61 Å². The molecule has 1 atom stereocenters. The number of carbonyl (C=O) groups excluding carboxylic acids is 2. The van der Waals surface area contributed by atoms with E-state index in [9.17, 15) is 18.4 Å². The molecule has 1 heterocycles. The number of rotatable bonds is 16. The van der Waals surface area contributed by atoms with Crippen LogP contribution in [0.4, 0.5) is 8.78 Å². The molecule has 2 N–H and O–H groups in total. The Kier molecular flexibility index (Phi) is 9.00. The molecule has 208 valence electrons. The van der Waals surface area contributed by atoms with E-state index in [0.717, 1.165) is 43.0 Å². The summed E-state index contributed by atoms with van der Waals surface area (Å²) in [6.45, 7) is 4.92. The maximum absolute atomic E-state index is 13.2. The fourth-order valence-corrected chi connectivity index (χ4v) is 5.11. The number of nitrogens with zero attached hydrogens (tertiary/aromatic N) is 2. The molecule has 38 heavy (non-hydrogen) atoms. The number of hydrogen-bond donors (Lipinski definition) is 2. The van der Waals surface area contributed by atoms with Gasteiger partial charge in [-0.3, -0.25) is 19.0 Å². The van der Waals surface area contributed by atoms with Gasteiger partial charge in [0.15, 0.2) is 6.61 Å². The molecule has 10 heteroatoms. The van der Waals surface area contributed by atoms with Gasteiger partial charge in [-0.1, -0.05) is 25.0 Å². The molecule has 2 aromatic rings. The van der Waals surface area contributed by atoms with Gasteiger partial charge in [0.05, 0.1) is 5.69 Å². The quantitative estimate of drug-likeness (QED) is 0.221. The fraction of sp³-hybridized carbons (Fsp3) is 0.607. The summed E-state index contributed by atoms with van der Waals surface area (Å²) in [5.41, 5.74) is 3.17. The predicted octanol–water partition coefficient (Wildman–Crippen LogP) is 5.25. The molecule has 7 nitrogen and oxygen atoms in total. The van der Waals surface area contributed by atoms with Gasteiger partial charge >= 0.3 is 0 Å². The topological polar surface area (TPSA) is 85.2 Å². The number of carbonyl (C=O) groups is 2. The van der Waals surface area contributed by atoms with Crippen LogP contribution in [-0.2, 0) is 24.2 Å². The largest absolute Gasteiger partial charge is 0.487 e. The van der Waals surface area contributed by atoms with Gasteiger partial charge in [-0.05, 0) is 81.5 Å². The van der Waals surface area contributed by atoms with Crippen LogP contribution in [0.15, 0.2) is 24.3 Å². The van der Waals surface area contributed by atoms with Crippen LogP contribution in [0.25, 0.3) is 0 Å². The van der Waals surface area contributed by atoms with Gasteiger partial charge in [-0.15, -0.1) is 0 Å². The first-order chi connectivity index (χ1) is 18.0. The van der Waals surface area contributed by atoms with Gasteiger partial charge < -0.3 is 10.1 Å². The molecule has 0 spiro atoms. The van der Waals surface area contributed by atoms with Gasteiger partial charge in [-0.2, -0.15) is 5.10 Å². The summed E-state index contributed by atoms with van der Waals surface area (Å²) in [7, 11) is 0. The molecular formula is C28H38F2N4O3S. The molecule has 0 bridgehead atoms. The molecule has 2 amide bonds. The van der Waals surface area contributed by atoms with Crippen LogP contribution >= 0.6 is 11.9 Å². The number of ether oxygens (including phenoxy) is 1. The van der Waals surface area contributed by atoms with Gasteiger partial charge in [-0.25, -0.2) is 8.78 Å². The van der Waals surface area contributed by atoms with Crippen molar-refractivity contribution in [2.24, 2.45) is 5.92 Å². The Hall–Kier alpha value is -2.62. The second-order valence-corrected chi connectivity index (χ2v) is 12.5. The van der Waals surface area contributed by atoms with Crippen molar-refractivity contribution in [2.45, 2.75) is 95.4 Å². The van der Waals surface area contributed by atoms with E-state index in [1.165, 1.54) is 24.8 Å². The minimum atomic E-state index is -2.90. The van der Waals surface area contributed by atoms with Crippen LogP contribution in [0.2, 0.25) is 0 Å². The highest BCUT2D eigenvalue weighted by Crippen LogP contribution is 2.46. The lowest BCUT2D eigenvalue weighted by Gasteiger charge is -2.16. The standard InChI is InChI=1S/C28H38F2N4O3S/c1-19-24(32-34(14-11-20-7-8-20)25(19)26(36)33-38-27(2)12-13-27)16-22(31-18-35)10-9-21-5-4-6-23(15-21)37-17-28(3,29)30/h4-6,15,18,20,22H,7-14,16-17H2,1-3H3,(H,31,35)(H,33,36)/t22-/m0/s1. The molecule has 1 aromatic heterocycles. The number of nitrogens with one attached hydrogen (secondary N) is 2. The Morgan fingerprint density at radius 2 is 2.13 bits per heavy atom. The van der Waals surface area contributed by atoms with Crippen molar-refractivity contribution in [3.8, 4) is 5.75 Å². The molecule has 1 aromatic carbocycles. The van der Waals surface area contributed by atoms with E-state index in [4.69, 9.17) is 9.84 Å². The second kappa shape index (κ2) is 12.1. The summed E-state index contributed by atoms with van der Waals surface area (Å²) < 4.78 is 36.5. The predicted molar refractivity (Wildman–Crippen MR) is 145 cm³/mol. The van der Waals surface area contributed by atoms with Crippen LogP contribution in [-0.4, -0.2) is 45.4 Å². The molecule has 0 unspecified atom stereocenters. The Morgan fingerprint density at radius 3 is 2.79 bits per heavy atom. The number of amides is 2. The Balaban J connectivity index is 1.43. The zero-order valence-electron chi connectivity index (χ0n) is 22.4. The fourth-order valence-electron chi connectivity index (χ4n) is 4.37. The third-order valence-corrected chi connectivity index (χ3v) is 8.40. The van der Waals surface area contributed by atoms with E-state index in [1.807, 2.05) is 17.7 Å². The highest BCUT2D eigenvalue weighted by Gasteiger charge is 2.39. The first-order valence-corrected chi connectivity index (χ1v) is 14.2. The molecule has 4 rings (SSSR count). The van der Waals surface area contributed by atoms with Crippen LogP contribution in [0.3, 0.4) is 0 Å². The molecular weight excluding hydrogens is 510 g/mol. The highest BCUT2D eigenvalue weighted by molar-refractivity contribution is 7.99. The number of benzene rings is 1. The lowest BCUT2D eigenvalue weighted by atomic mass is 10.00. The Labute approximate surface area is 227 Å². The van der Waals surface area contributed by atoms with Crippen LogP contribution in [0.1, 0.15) is 79.7 Å². The highest BCUT2D eigenvalue weighted by atomic mass is 32.2. The van der Waals surface area contributed by atoms with Crippen LogP contribution in [0.5, 0.6) is 5.75 Å². The third kappa shape index (κ3) is 8.44. The van der Waals surface area contributed by atoms with Gasteiger partial charge in [0.2, 0.25) is 6.41 Å². The molecule has 2 saturated carbocycles. The lowest BCUT2D eigenvalue weighted by Crippen LogP contribution is -2.31. The van der Waals surface area contributed by atoms with E-state index in [1.54, 1.807) is 18.2 Å². The minimum Gasteiger partial charge on any atom is -0.487 e. The average Bonchev–Trinajstić information content (AvgIpc) is 3.80. The number of alkyl halides is 2. The molecule has 2 fully saturated rings. The van der Waals surface area contributed by atoms with E-state index in [0.29, 0.717) is 49.6 Å². The molecule has 2 aliphatic rings. The molecule has 0 radical (unpaired) electrons. The number of aromatic nitrogens is 2. The van der Waals surface area contributed by atoms with Crippen molar-refractivity contribution in [3.63, 3.8) is 0 Å². The summed E-state index contributed by atoms with van der Waals surface area (Å²) in [4.78, 5) is 24.6. The number of hydrogen-bond acceptors (Lipinski definition) is 5. The van der Waals surface area contributed by atoms with Crippen molar-refractivity contribution >= 4 is 24.3 Å². The maximum Gasteiger partial charge on any atom is 0.279 e. The summed E-state index contributed by atoms with van der Waals surface area (Å²) in [6.07, 6.45) is 8.10. The van der Waals surface area contributed by atoms with Crippen molar-refractivity contribution in [1.29, 1.82) is 0 Å². The van der Waals surface area contributed by atoms with E-state index in [-0.39, 0.29) is 16.7 Å². The first-order valence-electron chi connectivity index (χ1n) is 13.4. The van der Waals surface area contributed by atoms with E-state index < -0.39 is 12.5 Å². The van der Waals surface area contributed by atoms with Crippen LogP contribution in [0, 0.1) is 12.8 Å². The SMILES string of the molecule is Cc1c(C[C@H](CCc2cccc(OCC(C)(F)F)c2)NC=O)nn(CCC2CC2)c1C(=O)NSC1(C)CC1. The maximum atomic E-state index is 13.2. The third-order valence-electron chi connectivity index (χ3n) is 7.21. The van der Waals surface area contributed by atoms with Crippen molar-refractivity contribution < 1.29 is 23.1 Å². The summed E-state index contributed by atoms with van der Waals surface area (Å²) in [5.74, 6) is -1.92. The first kappa shape index (κ1) is 28.4. The number of aryl methyl sites for hydroxylation is 2. The van der Waals surface area contributed by atoms with E-state index in [2.05, 4.69) is 17.0 Å². The monoisotopic (exact) mass is 548 g/mol. The minimum absolute atomic E-state index is 0.121. The zero-order valence-corrected chi connectivity index (χ0v) is 23.2. The summed E-state index contributed by atoms with van der Waals surface area (Å²) in [5, 5.41) is 7.72. The number of halogens is 2. The smallest absolute Gasteiger partial charge is 0.279 e. The van der Waals surface area contributed by atoms with Crippen molar-refractivity contribution in [3.05, 3.63) is 46.8 Å². The normalized spacial score (nSPS) is 17.1. The Morgan fingerprint density at radius 1 is 1.37 bits per heavy atom. The second-order valence-electron chi connectivity index (χ2n) is 11.1. The summed E-state index contributed by atoms with van der Waals surface area (Å²) in [6, 6.07) is 6.90. The van der Waals surface area contributed by atoms with Gasteiger partial charge in [0.1, 0.15) is 11.4 Å². The van der Waals surface area contributed by atoms with Crippen LogP contribution < -0.4 is 14.8 Å².